The van der Waals surface area contributed by atoms with E-state index >= 15 is 0 Å². The highest BCUT2D eigenvalue weighted by molar-refractivity contribution is 6.02. The zero-order chi connectivity index (χ0) is 10.0. The number of carboxylic acid groups (broad SMARTS) is 1. The highest BCUT2D eigenvalue weighted by atomic mass is 16.4. The van der Waals surface area contributed by atoms with Crippen molar-refractivity contribution < 1.29 is 19.5 Å². The Labute approximate surface area is 74.5 Å². The Morgan fingerprint density at radius 1 is 1.69 bits per heavy atom. The molecule has 6 nitrogen and oxygen atoms in total. The number of hydrogen-bond acceptors (Lipinski definition) is 3. The first-order valence-electron chi connectivity index (χ1n) is 3.83. The molecule has 6 heteroatoms. The minimum absolute atomic E-state index is 0.0483. The summed E-state index contributed by atoms with van der Waals surface area (Å²) in [5, 5.41) is 10.5. The molecule has 1 rings (SSSR count). The summed E-state index contributed by atoms with van der Waals surface area (Å²) in [6.45, 7) is 1.54. The molecule has 1 saturated heterocycles. The molecule has 2 N–H and O–H groups in total. The van der Waals surface area contributed by atoms with Crippen molar-refractivity contribution in [3.05, 3.63) is 0 Å². The van der Waals surface area contributed by atoms with Gasteiger partial charge in [0, 0.05) is 6.04 Å². The van der Waals surface area contributed by atoms with E-state index in [1.807, 2.05) is 0 Å². The minimum Gasteiger partial charge on any atom is -0.481 e. The molecule has 1 unspecified atom stereocenters. The number of carbonyl (C=O) groups excluding carboxylic acids is 2. The third kappa shape index (κ3) is 2.17. The van der Waals surface area contributed by atoms with Gasteiger partial charge in [-0.05, 0) is 6.92 Å². The van der Waals surface area contributed by atoms with E-state index in [2.05, 4.69) is 5.32 Å². The van der Waals surface area contributed by atoms with Crippen LogP contribution in [0.15, 0.2) is 0 Å². The van der Waals surface area contributed by atoms with E-state index < -0.39 is 18.0 Å². The topological polar surface area (TPSA) is 86.7 Å². The molecule has 0 bridgehead atoms. The van der Waals surface area contributed by atoms with Crippen LogP contribution in [0, 0.1) is 0 Å². The maximum atomic E-state index is 11.0. The normalized spacial score (nSPS) is 18.7. The lowest BCUT2D eigenvalue weighted by molar-refractivity contribution is -0.138. The van der Waals surface area contributed by atoms with Gasteiger partial charge < -0.3 is 10.0 Å². The molecule has 3 amide bonds. The Morgan fingerprint density at radius 3 is 2.69 bits per heavy atom. The number of carbonyl (C=O) groups is 3. The van der Waals surface area contributed by atoms with Gasteiger partial charge in [-0.2, -0.15) is 0 Å². The van der Waals surface area contributed by atoms with Crippen LogP contribution in [0.2, 0.25) is 0 Å². The highest BCUT2D eigenvalue weighted by Crippen LogP contribution is 2.07. The highest BCUT2D eigenvalue weighted by Gasteiger charge is 2.31. The fourth-order valence-corrected chi connectivity index (χ4v) is 1.18. The van der Waals surface area contributed by atoms with Crippen molar-refractivity contribution in [3.8, 4) is 0 Å². The first-order chi connectivity index (χ1) is 6.00. The van der Waals surface area contributed by atoms with Crippen molar-refractivity contribution in [2.45, 2.75) is 19.4 Å². The largest absolute Gasteiger partial charge is 0.481 e. The zero-order valence-electron chi connectivity index (χ0n) is 7.11. The van der Waals surface area contributed by atoms with Crippen LogP contribution >= 0.6 is 0 Å². The SMILES string of the molecule is CC(CC(=O)O)N1CC(=O)NC1=O. The van der Waals surface area contributed by atoms with E-state index in [-0.39, 0.29) is 18.9 Å². The van der Waals surface area contributed by atoms with Crippen LogP contribution < -0.4 is 5.32 Å². The van der Waals surface area contributed by atoms with Crippen LogP contribution in [-0.2, 0) is 9.59 Å². The first kappa shape index (κ1) is 9.50. The summed E-state index contributed by atoms with van der Waals surface area (Å²) >= 11 is 0. The molecule has 1 aliphatic heterocycles. The molecule has 0 radical (unpaired) electrons. The minimum atomic E-state index is -0.986. The molecule has 1 heterocycles. The lowest BCUT2D eigenvalue weighted by Gasteiger charge is -2.19. The van der Waals surface area contributed by atoms with E-state index in [1.165, 1.54) is 4.90 Å². The standard InChI is InChI=1S/C7H10N2O4/c1-4(2-6(11)12)9-3-5(10)8-7(9)13/h4H,2-3H2,1H3,(H,11,12)(H,8,10,13). The van der Waals surface area contributed by atoms with Gasteiger partial charge in [0.2, 0.25) is 5.91 Å². The van der Waals surface area contributed by atoms with Gasteiger partial charge >= 0.3 is 12.0 Å². The smallest absolute Gasteiger partial charge is 0.324 e. The van der Waals surface area contributed by atoms with Gasteiger partial charge in [0.15, 0.2) is 0 Å². The number of urea groups is 1. The third-order valence-corrected chi connectivity index (χ3v) is 1.82. The molecule has 0 spiro atoms. The molecule has 0 aromatic rings. The summed E-state index contributed by atoms with van der Waals surface area (Å²) in [6, 6.07) is -0.970. The fraction of sp³-hybridized carbons (Fsp3) is 0.571. The predicted molar refractivity (Wildman–Crippen MR) is 42.0 cm³/mol. The van der Waals surface area contributed by atoms with Crippen LogP contribution in [-0.4, -0.2) is 40.5 Å². The van der Waals surface area contributed by atoms with Crippen LogP contribution in [0.4, 0.5) is 4.79 Å². The van der Waals surface area contributed by atoms with Crippen molar-refractivity contribution in [1.29, 1.82) is 0 Å². The quantitative estimate of drug-likeness (QED) is 0.576. The molecular formula is C7H10N2O4. The van der Waals surface area contributed by atoms with Crippen LogP contribution in [0.5, 0.6) is 0 Å². The third-order valence-electron chi connectivity index (χ3n) is 1.82. The summed E-state index contributed by atoms with van der Waals surface area (Å²) in [7, 11) is 0. The Kier molecular flexibility index (Phi) is 2.50. The van der Waals surface area contributed by atoms with Gasteiger partial charge in [0.1, 0.15) is 6.54 Å². The summed E-state index contributed by atoms with van der Waals surface area (Å²) in [4.78, 5) is 33.3. The fourth-order valence-electron chi connectivity index (χ4n) is 1.18. The maximum absolute atomic E-state index is 11.0. The first-order valence-corrected chi connectivity index (χ1v) is 3.83. The molecule has 0 aliphatic carbocycles. The van der Waals surface area contributed by atoms with Gasteiger partial charge in [-0.15, -0.1) is 0 Å². The van der Waals surface area contributed by atoms with Crippen molar-refractivity contribution in [1.82, 2.24) is 10.2 Å². The summed E-state index contributed by atoms with van der Waals surface area (Å²) in [5.74, 6) is -1.37. The monoisotopic (exact) mass is 186 g/mol. The van der Waals surface area contributed by atoms with Gasteiger partial charge in [-0.25, -0.2) is 4.79 Å². The van der Waals surface area contributed by atoms with Gasteiger partial charge in [-0.1, -0.05) is 0 Å². The molecule has 1 fully saturated rings. The van der Waals surface area contributed by atoms with E-state index in [1.54, 1.807) is 6.92 Å². The van der Waals surface area contributed by atoms with Gasteiger partial charge in [0.05, 0.1) is 6.42 Å². The average Bonchev–Trinajstić information content (AvgIpc) is 2.28. The molecule has 1 atom stereocenters. The Balaban J connectivity index is 2.56. The summed E-state index contributed by atoms with van der Waals surface area (Å²) in [5.41, 5.74) is 0. The molecular weight excluding hydrogens is 176 g/mol. The number of nitrogens with one attached hydrogen (secondary N) is 1. The summed E-state index contributed by atoms with van der Waals surface area (Å²) in [6.07, 6.45) is -0.152. The van der Waals surface area contributed by atoms with Crippen molar-refractivity contribution in [2.75, 3.05) is 6.54 Å². The van der Waals surface area contributed by atoms with E-state index in [9.17, 15) is 14.4 Å². The Bertz CT molecular complexity index is 263. The lowest BCUT2D eigenvalue weighted by atomic mass is 10.2. The Morgan fingerprint density at radius 2 is 2.31 bits per heavy atom. The Hall–Kier alpha value is -1.59. The molecule has 0 saturated carbocycles. The molecule has 0 aromatic carbocycles. The molecule has 13 heavy (non-hydrogen) atoms. The summed E-state index contributed by atoms with van der Waals surface area (Å²) < 4.78 is 0. The average molecular weight is 186 g/mol. The number of rotatable bonds is 3. The van der Waals surface area contributed by atoms with Crippen molar-refractivity contribution in [2.24, 2.45) is 0 Å². The van der Waals surface area contributed by atoms with Crippen LogP contribution in [0.25, 0.3) is 0 Å². The van der Waals surface area contributed by atoms with E-state index in [0.29, 0.717) is 0 Å². The second kappa shape index (κ2) is 3.42. The number of amides is 3. The van der Waals surface area contributed by atoms with Crippen molar-refractivity contribution >= 4 is 17.9 Å². The number of carboxylic acids is 1. The predicted octanol–water partition coefficient (Wildman–Crippen LogP) is -0.599. The molecule has 0 aromatic heterocycles. The second-order valence-corrected chi connectivity index (χ2v) is 2.93. The second-order valence-electron chi connectivity index (χ2n) is 2.93. The van der Waals surface area contributed by atoms with Gasteiger partial charge in [-0.3, -0.25) is 14.9 Å². The number of nitrogens with zero attached hydrogens (tertiary/aromatic N) is 1. The molecule has 72 valence electrons. The number of imide groups is 1. The van der Waals surface area contributed by atoms with Gasteiger partial charge in [0.25, 0.3) is 0 Å². The van der Waals surface area contributed by atoms with Crippen molar-refractivity contribution in [3.63, 3.8) is 0 Å². The maximum Gasteiger partial charge on any atom is 0.324 e. The van der Waals surface area contributed by atoms with Crippen LogP contribution in [0.1, 0.15) is 13.3 Å². The number of hydrogen-bond donors (Lipinski definition) is 2. The van der Waals surface area contributed by atoms with E-state index in [0.717, 1.165) is 0 Å². The van der Waals surface area contributed by atoms with E-state index in [4.69, 9.17) is 5.11 Å². The van der Waals surface area contributed by atoms with Crippen LogP contribution in [0.3, 0.4) is 0 Å². The molecule has 1 aliphatic rings. The lowest BCUT2D eigenvalue weighted by Crippen LogP contribution is -2.37. The number of aliphatic carboxylic acids is 1. The zero-order valence-corrected chi connectivity index (χ0v) is 7.11.